The molecule has 0 saturated carbocycles. The van der Waals surface area contributed by atoms with E-state index in [9.17, 15) is 0 Å². The lowest BCUT2D eigenvalue weighted by Gasteiger charge is -2.10. The molecule has 0 atom stereocenters. The van der Waals surface area contributed by atoms with Crippen molar-refractivity contribution < 1.29 is 0 Å². The van der Waals surface area contributed by atoms with Gasteiger partial charge in [0, 0.05) is 6.54 Å². The summed E-state index contributed by atoms with van der Waals surface area (Å²) in [7, 11) is 0. The molecule has 90 valence electrons. The van der Waals surface area contributed by atoms with E-state index in [4.69, 9.17) is 16.9 Å². The Kier molecular flexibility index (Phi) is 3.86. The van der Waals surface area contributed by atoms with Gasteiger partial charge in [0.1, 0.15) is 0 Å². The van der Waals surface area contributed by atoms with E-state index < -0.39 is 0 Å². The second-order valence-corrected chi connectivity index (χ2v) is 4.48. The van der Waals surface area contributed by atoms with Crippen molar-refractivity contribution in [3.63, 3.8) is 0 Å². The topological polar surface area (TPSA) is 35.8 Å². The van der Waals surface area contributed by atoms with Crippen molar-refractivity contribution in [1.29, 1.82) is 5.26 Å². The molecule has 1 N–H and O–H groups in total. The smallest absolute Gasteiger partial charge is 0.0991 e. The molecule has 0 aliphatic carbocycles. The number of aryl methyl sites for hydroxylation is 1. The molecule has 2 aromatic carbocycles. The van der Waals surface area contributed by atoms with E-state index in [-0.39, 0.29) is 0 Å². The summed E-state index contributed by atoms with van der Waals surface area (Å²) in [5.41, 5.74) is 3.78. The summed E-state index contributed by atoms with van der Waals surface area (Å²) in [6.07, 6.45) is 0. The Labute approximate surface area is 112 Å². The van der Waals surface area contributed by atoms with Crippen LogP contribution in [0.3, 0.4) is 0 Å². The number of benzene rings is 2. The first-order valence-corrected chi connectivity index (χ1v) is 6.06. The lowest BCUT2D eigenvalue weighted by Crippen LogP contribution is -2.00. The van der Waals surface area contributed by atoms with E-state index in [0.717, 1.165) is 21.8 Å². The van der Waals surface area contributed by atoms with E-state index in [1.54, 1.807) is 0 Å². The number of rotatable bonds is 3. The molecular formula is C15H13ClN2. The lowest BCUT2D eigenvalue weighted by molar-refractivity contribution is 1.15. The Morgan fingerprint density at radius 1 is 1.17 bits per heavy atom. The zero-order valence-electron chi connectivity index (χ0n) is 10.1. The predicted octanol–water partition coefficient (Wildman–Crippen LogP) is 4.13. The zero-order valence-corrected chi connectivity index (χ0v) is 10.8. The van der Waals surface area contributed by atoms with Gasteiger partial charge in [-0.05, 0) is 36.2 Å². The average Bonchev–Trinajstić information content (AvgIpc) is 2.41. The molecule has 0 aliphatic rings. The Morgan fingerprint density at radius 3 is 2.56 bits per heavy atom. The van der Waals surface area contributed by atoms with Gasteiger partial charge in [0.2, 0.25) is 0 Å². The molecule has 18 heavy (non-hydrogen) atoms. The standard InChI is InChI=1S/C15H13ClN2/c1-11-3-2-4-14(15(11)16)18-10-13-7-5-12(9-17)6-8-13/h2-8,18H,10H2,1H3. The van der Waals surface area contributed by atoms with Gasteiger partial charge in [-0.2, -0.15) is 5.26 Å². The third-order valence-corrected chi connectivity index (χ3v) is 3.26. The van der Waals surface area contributed by atoms with Crippen molar-refractivity contribution >= 4 is 17.3 Å². The van der Waals surface area contributed by atoms with Gasteiger partial charge in [-0.3, -0.25) is 0 Å². The summed E-state index contributed by atoms with van der Waals surface area (Å²) in [6, 6.07) is 15.5. The number of hydrogen-bond donors (Lipinski definition) is 1. The minimum atomic E-state index is 0.673. The van der Waals surface area contributed by atoms with E-state index >= 15 is 0 Å². The van der Waals surface area contributed by atoms with Crippen LogP contribution in [0.15, 0.2) is 42.5 Å². The molecule has 0 spiro atoms. The van der Waals surface area contributed by atoms with Crippen molar-refractivity contribution in [2.24, 2.45) is 0 Å². The number of nitrogens with zero attached hydrogens (tertiary/aromatic N) is 1. The average molecular weight is 257 g/mol. The third-order valence-electron chi connectivity index (χ3n) is 2.76. The van der Waals surface area contributed by atoms with Gasteiger partial charge >= 0.3 is 0 Å². The van der Waals surface area contributed by atoms with Crippen LogP contribution in [0.5, 0.6) is 0 Å². The molecule has 2 rings (SSSR count). The fourth-order valence-electron chi connectivity index (χ4n) is 1.68. The zero-order chi connectivity index (χ0) is 13.0. The molecule has 0 aromatic heterocycles. The van der Waals surface area contributed by atoms with Crippen LogP contribution in [0.4, 0.5) is 5.69 Å². The Morgan fingerprint density at radius 2 is 1.89 bits per heavy atom. The van der Waals surface area contributed by atoms with Crippen LogP contribution in [0.25, 0.3) is 0 Å². The Hall–Kier alpha value is -1.98. The highest BCUT2D eigenvalue weighted by Crippen LogP contribution is 2.25. The summed E-state index contributed by atoms with van der Waals surface area (Å²) >= 11 is 6.20. The minimum Gasteiger partial charge on any atom is -0.380 e. The van der Waals surface area contributed by atoms with Crippen LogP contribution in [0, 0.1) is 18.3 Å². The van der Waals surface area contributed by atoms with Crippen molar-refractivity contribution in [2.75, 3.05) is 5.32 Å². The summed E-state index contributed by atoms with van der Waals surface area (Å²) in [5.74, 6) is 0. The fourth-order valence-corrected chi connectivity index (χ4v) is 1.87. The van der Waals surface area contributed by atoms with Crippen molar-refractivity contribution in [1.82, 2.24) is 0 Å². The van der Waals surface area contributed by atoms with Gasteiger partial charge in [-0.1, -0.05) is 35.9 Å². The van der Waals surface area contributed by atoms with Crippen LogP contribution in [-0.4, -0.2) is 0 Å². The van der Waals surface area contributed by atoms with Crippen LogP contribution >= 0.6 is 11.6 Å². The van der Waals surface area contributed by atoms with E-state index in [1.165, 1.54) is 0 Å². The molecule has 0 bridgehead atoms. The van der Waals surface area contributed by atoms with Crippen LogP contribution < -0.4 is 5.32 Å². The highest BCUT2D eigenvalue weighted by molar-refractivity contribution is 6.33. The van der Waals surface area contributed by atoms with Crippen molar-refractivity contribution in [3.05, 3.63) is 64.2 Å². The molecule has 0 heterocycles. The Balaban J connectivity index is 2.07. The number of nitrogens with one attached hydrogen (secondary N) is 1. The number of anilines is 1. The molecule has 0 radical (unpaired) electrons. The molecule has 0 unspecified atom stereocenters. The molecule has 3 heteroatoms. The van der Waals surface area contributed by atoms with Gasteiger partial charge < -0.3 is 5.32 Å². The summed E-state index contributed by atoms with van der Waals surface area (Å²) in [6.45, 7) is 2.67. The van der Waals surface area contributed by atoms with E-state index in [1.807, 2.05) is 49.4 Å². The molecule has 2 nitrogen and oxygen atoms in total. The molecule has 0 fully saturated rings. The van der Waals surface area contributed by atoms with Crippen LogP contribution in [0.1, 0.15) is 16.7 Å². The monoisotopic (exact) mass is 256 g/mol. The number of halogens is 1. The van der Waals surface area contributed by atoms with Gasteiger partial charge in [0.05, 0.1) is 22.3 Å². The first-order chi connectivity index (χ1) is 8.70. The highest BCUT2D eigenvalue weighted by atomic mass is 35.5. The molecular weight excluding hydrogens is 244 g/mol. The highest BCUT2D eigenvalue weighted by Gasteiger charge is 2.02. The second-order valence-electron chi connectivity index (χ2n) is 4.10. The first-order valence-electron chi connectivity index (χ1n) is 5.69. The third kappa shape index (κ3) is 2.82. The lowest BCUT2D eigenvalue weighted by atomic mass is 10.1. The Bertz CT molecular complexity index is 582. The van der Waals surface area contributed by atoms with Gasteiger partial charge in [-0.25, -0.2) is 0 Å². The molecule has 0 saturated heterocycles. The largest absolute Gasteiger partial charge is 0.380 e. The maximum atomic E-state index is 8.72. The van der Waals surface area contributed by atoms with Crippen LogP contribution in [0.2, 0.25) is 5.02 Å². The summed E-state index contributed by atoms with van der Waals surface area (Å²) in [4.78, 5) is 0. The second kappa shape index (κ2) is 5.57. The maximum Gasteiger partial charge on any atom is 0.0991 e. The van der Waals surface area contributed by atoms with E-state index in [2.05, 4.69) is 11.4 Å². The minimum absolute atomic E-state index is 0.673. The van der Waals surface area contributed by atoms with Gasteiger partial charge in [-0.15, -0.1) is 0 Å². The molecule has 0 aliphatic heterocycles. The SMILES string of the molecule is Cc1cccc(NCc2ccc(C#N)cc2)c1Cl. The molecule has 2 aromatic rings. The first kappa shape index (κ1) is 12.5. The normalized spacial score (nSPS) is 9.83. The van der Waals surface area contributed by atoms with Crippen molar-refractivity contribution in [2.45, 2.75) is 13.5 Å². The van der Waals surface area contributed by atoms with Crippen LogP contribution in [-0.2, 0) is 6.54 Å². The van der Waals surface area contributed by atoms with Gasteiger partial charge in [0.15, 0.2) is 0 Å². The summed E-state index contributed by atoms with van der Waals surface area (Å²) in [5, 5.41) is 12.8. The quantitative estimate of drug-likeness (QED) is 0.896. The van der Waals surface area contributed by atoms with Crippen molar-refractivity contribution in [3.8, 4) is 6.07 Å². The van der Waals surface area contributed by atoms with Gasteiger partial charge in [0.25, 0.3) is 0 Å². The predicted molar refractivity (Wildman–Crippen MR) is 74.7 cm³/mol. The number of hydrogen-bond acceptors (Lipinski definition) is 2. The fraction of sp³-hybridized carbons (Fsp3) is 0.133. The van der Waals surface area contributed by atoms with E-state index in [0.29, 0.717) is 12.1 Å². The summed E-state index contributed by atoms with van der Waals surface area (Å²) < 4.78 is 0. The molecule has 0 amide bonds. The number of nitriles is 1. The maximum absolute atomic E-state index is 8.72.